The molecule has 0 aliphatic carbocycles. The molecular weight excluding hydrogens is 495 g/mol. The van der Waals surface area contributed by atoms with E-state index in [1.54, 1.807) is 11.3 Å². The Hall–Kier alpha value is -2.53. The first-order valence-electron chi connectivity index (χ1n) is 11.5. The van der Waals surface area contributed by atoms with Gasteiger partial charge in [-0.3, -0.25) is 0 Å². The van der Waals surface area contributed by atoms with Crippen molar-refractivity contribution >= 4 is 45.4 Å². The minimum Gasteiger partial charge on any atom is -0.507 e. The van der Waals surface area contributed by atoms with Crippen LogP contribution in [-0.4, -0.2) is 5.11 Å². The maximum Gasteiger partial charge on any atom is 0.344 e. The number of phenols is 1. The summed E-state index contributed by atoms with van der Waals surface area (Å²) in [5.41, 5.74) is 5.45. The molecule has 6 heteroatoms. The highest BCUT2D eigenvalue weighted by Gasteiger charge is 2.29. The summed E-state index contributed by atoms with van der Waals surface area (Å²) in [6, 6.07) is 19.7. The Balaban J connectivity index is 1.95. The van der Waals surface area contributed by atoms with E-state index in [0.717, 1.165) is 38.9 Å². The van der Waals surface area contributed by atoms with E-state index in [9.17, 15) is 5.11 Å². The number of thiazole rings is 1. The topological polar surface area (TPSA) is 36.1 Å². The lowest BCUT2D eigenvalue weighted by atomic mass is 9.78. The molecule has 0 atom stereocenters. The van der Waals surface area contributed by atoms with Gasteiger partial charge in [0.1, 0.15) is 17.1 Å². The first kappa shape index (κ1) is 25.6. The maximum absolute atomic E-state index is 11.2. The highest BCUT2D eigenvalue weighted by molar-refractivity contribution is 7.13. The molecule has 0 unspecified atom stereocenters. The van der Waals surface area contributed by atoms with E-state index < -0.39 is 0 Å². The van der Waals surface area contributed by atoms with E-state index >= 15 is 0 Å². The number of halogens is 2. The fourth-order valence-electron chi connectivity index (χ4n) is 4.04. The zero-order chi connectivity index (χ0) is 25.5. The number of anilines is 2. The summed E-state index contributed by atoms with van der Waals surface area (Å²) in [6.07, 6.45) is 0. The van der Waals surface area contributed by atoms with Gasteiger partial charge in [-0.1, -0.05) is 76.1 Å². The van der Waals surface area contributed by atoms with Crippen LogP contribution >= 0.6 is 34.5 Å². The standard InChI is InChI=1S/C29H30Cl2N2OS/c1-28(2,3)23-15-18(16-24(26(23)34)29(4,5)6)25-17-35-27(32-21-11-7-19(30)8-12-21)33(25)22-13-9-20(31)10-14-22/h7-17,34H,1-6H3/p+1. The molecule has 182 valence electrons. The van der Waals surface area contributed by atoms with E-state index in [1.165, 1.54) is 0 Å². The molecule has 3 nitrogen and oxygen atoms in total. The lowest BCUT2D eigenvalue weighted by molar-refractivity contribution is -0.563. The Morgan fingerprint density at radius 2 is 1.26 bits per heavy atom. The van der Waals surface area contributed by atoms with Gasteiger partial charge in [-0.25, -0.2) is 5.32 Å². The predicted octanol–water partition coefficient (Wildman–Crippen LogP) is 9.04. The number of benzene rings is 3. The number of nitrogens with zero attached hydrogens (tertiary/aromatic N) is 1. The monoisotopic (exact) mass is 525 g/mol. The van der Waals surface area contributed by atoms with Crippen molar-refractivity contribution in [3.8, 4) is 22.7 Å². The molecule has 2 N–H and O–H groups in total. The largest absolute Gasteiger partial charge is 0.507 e. The van der Waals surface area contributed by atoms with Crippen LogP contribution < -0.4 is 9.88 Å². The van der Waals surface area contributed by atoms with Crippen molar-refractivity contribution in [2.75, 3.05) is 5.32 Å². The number of nitrogens with one attached hydrogen (secondary N) is 1. The highest BCUT2D eigenvalue weighted by Crippen LogP contribution is 2.42. The zero-order valence-electron chi connectivity index (χ0n) is 20.9. The second-order valence-electron chi connectivity index (χ2n) is 10.8. The average molecular weight is 527 g/mol. The average Bonchev–Trinajstić information content (AvgIpc) is 3.18. The molecule has 35 heavy (non-hydrogen) atoms. The van der Waals surface area contributed by atoms with Gasteiger partial charge in [-0.15, -0.1) is 0 Å². The summed E-state index contributed by atoms with van der Waals surface area (Å²) < 4.78 is 2.20. The number of hydrogen-bond donors (Lipinski definition) is 2. The molecule has 1 aromatic heterocycles. The highest BCUT2D eigenvalue weighted by atomic mass is 35.5. The van der Waals surface area contributed by atoms with Gasteiger partial charge >= 0.3 is 5.13 Å². The van der Waals surface area contributed by atoms with Crippen LogP contribution in [-0.2, 0) is 10.8 Å². The second-order valence-corrected chi connectivity index (χ2v) is 12.5. The molecule has 0 saturated heterocycles. The molecule has 0 amide bonds. The molecule has 0 fully saturated rings. The van der Waals surface area contributed by atoms with Crippen molar-refractivity contribution < 1.29 is 9.67 Å². The number of aromatic nitrogens is 1. The minimum absolute atomic E-state index is 0.217. The molecule has 0 spiro atoms. The number of hydrogen-bond acceptors (Lipinski definition) is 3. The van der Waals surface area contributed by atoms with Gasteiger partial charge in [-0.2, -0.15) is 4.57 Å². The van der Waals surface area contributed by atoms with E-state index in [1.807, 2.05) is 48.5 Å². The van der Waals surface area contributed by atoms with Crippen LogP contribution in [0.3, 0.4) is 0 Å². The lowest BCUT2D eigenvalue weighted by Crippen LogP contribution is -2.33. The molecule has 3 aromatic carbocycles. The van der Waals surface area contributed by atoms with E-state index in [-0.39, 0.29) is 10.8 Å². The van der Waals surface area contributed by atoms with E-state index in [4.69, 9.17) is 23.2 Å². The van der Waals surface area contributed by atoms with Gasteiger partial charge < -0.3 is 5.11 Å². The molecule has 0 aliphatic heterocycles. The molecule has 0 bridgehead atoms. The number of aromatic hydroxyl groups is 1. The van der Waals surface area contributed by atoms with Gasteiger partial charge in [0, 0.05) is 32.1 Å². The normalized spacial score (nSPS) is 12.1. The summed E-state index contributed by atoms with van der Waals surface area (Å²) in [5, 5.41) is 19.3. The third kappa shape index (κ3) is 5.50. The molecule has 1 heterocycles. The predicted molar refractivity (Wildman–Crippen MR) is 150 cm³/mol. The summed E-state index contributed by atoms with van der Waals surface area (Å²) in [7, 11) is 0. The van der Waals surface area contributed by atoms with Crippen molar-refractivity contribution in [2.24, 2.45) is 0 Å². The van der Waals surface area contributed by atoms with Crippen LogP contribution in [0, 0.1) is 0 Å². The fraction of sp³-hybridized carbons (Fsp3) is 0.276. The maximum atomic E-state index is 11.2. The Kier molecular flexibility index (Phi) is 6.93. The molecule has 0 radical (unpaired) electrons. The molecule has 0 saturated carbocycles. The summed E-state index contributed by atoms with van der Waals surface area (Å²) in [6.45, 7) is 12.8. The van der Waals surface area contributed by atoms with Crippen molar-refractivity contribution in [1.82, 2.24) is 0 Å². The molecular formula is C29H31Cl2N2OS+. The summed E-state index contributed by atoms with van der Waals surface area (Å²) in [5.74, 6) is 0.376. The van der Waals surface area contributed by atoms with Gasteiger partial charge in [0.2, 0.25) is 0 Å². The Bertz CT molecular complexity index is 1310. The molecule has 0 aliphatic rings. The van der Waals surface area contributed by atoms with Crippen molar-refractivity contribution in [2.45, 2.75) is 52.4 Å². The smallest absolute Gasteiger partial charge is 0.344 e. The molecule has 4 aromatic rings. The van der Waals surface area contributed by atoms with Gasteiger partial charge in [0.15, 0.2) is 5.69 Å². The van der Waals surface area contributed by atoms with Crippen LogP contribution in [0.5, 0.6) is 5.75 Å². The number of phenolic OH excluding ortho intramolecular Hbond substituents is 1. The third-order valence-electron chi connectivity index (χ3n) is 5.93. The van der Waals surface area contributed by atoms with Crippen LogP contribution in [0.4, 0.5) is 10.8 Å². The van der Waals surface area contributed by atoms with Gasteiger partial charge in [0.25, 0.3) is 0 Å². The first-order chi connectivity index (χ1) is 16.3. The Morgan fingerprint density at radius 3 is 1.74 bits per heavy atom. The summed E-state index contributed by atoms with van der Waals surface area (Å²) >= 11 is 13.9. The quantitative estimate of drug-likeness (QED) is 0.260. The Labute approximate surface area is 222 Å². The van der Waals surface area contributed by atoms with Crippen molar-refractivity contribution in [3.05, 3.63) is 87.2 Å². The van der Waals surface area contributed by atoms with Crippen molar-refractivity contribution in [3.63, 3.8) is 0 Å². The zero-order valence-corrected chi connectivity index (χ0v) is 23.2. The van der Waals surface area contributed by atoms with Crippen LogP contribution in [0.15, 0.2) is 66.0 Å². The Morgan fingerprint density at radius 1 is 0.771 bits per heavy atom. The van der Waals surface area contributed by atoms with Crippen LogP contribution in [0.2, 0.25) is 10.0 Å². The fourth-order valence-corrected chi connectivity index (χ4v) is 5.24. The van der Waals surface area contributed by atoms with Gasteiger partial charge in [-0.05, 0) is 71.5 Å². The SMILES string of the molecule is CC(C)(C)c1cc(-c2csc(Nc3ccc(Cl)cc3)[n+]2-c2ccc(Cl)cc2)cc(C(C)(C)C)c1O. The van der Waals surface area contributed by atoms with E-state index in [0.29, 0.717) is 15.8 Å². The van der Waals surface area contributed by atoms with Crippen LogP contribution in [0.1, 0.15) is 52.7 Å². The van der Waals surface area contributed by atoms with Crippen molar-refractivity contribution in [1.29, 1.82) is 0 Å². The minimum atomic E-state index is -0.217. The second kappa shape index (κ2) is 9.50. The number of rotatable bonds is 4. The van der Waals surface area contributed by atoms with Gasteiger partial charge in [0.05, 0.1) is 0 Å². The first-order valence-corrected chi connectivity index (χ1v) is 13.2. The lowest BCUT2D eigenvalue weighted by Gasteiger charge is -2.28. The summed E-state index contributed by atoms with van der Waals surface area (Å²) in [4.78, 5) is 0. The van der Waals surface area contributed by atoms with E-state index in [2.05, 4.69) is 68.9 Å². The third-order valence-corrected chi connectivity index (χ3v) is 7.28. The molecule has 4 rings (SSSR count). The van der Waals surface area contributed by atoms with Crippen LogP contribution in [0.25, 0.3) is 16.9 Å².